The van der Waals surface area contributed by atoms with Crippen LogP contribution in [-0.2, 0) is 4.79 Å². The summed E-state index contributed by atoms with van der Waals surface area (Å²) in [6, 6.07) is 0. The van der Waals surface area contributed by atoms with E-state index in [9.17, 15) is 4.79 Å². The molecule has 0 saturated carbocycles. The Hall–Kier alpha value is -0.530. The third-order valence-electron chi connectivity index (χ3n) is 3.53. The van der Waals surface area contributed by atoms with Gasteiger partial charge in [-0.3, -0.25) is 4.79 Å². The number of nitrogens with one attached hydrogen (secondary N) is 1. The summed E-state index contributed by atoms with van der Waals surface area (Å²) in [4.78, 5) is 12.7. The molecular weight excluding hydrogens is 222 g/mol. The summed E-state index contributed by atoms with van der Waals surface area (Å²) in [6.07, 6.45) is 0.880. The molecule has 0 heterocycles. The lowest BCUT2D eigenvalue weighted by Crippen LogP contribution is -2.54. The first-order chi connectivity index (χ1) is 7.58. The molecule has 1 unspecified atom stereocenters. The Kier molecular flexibility index (Phi) is 4.72. The zero-order valence-corrected chi connectivity index (χ0v) is 14.1. The smallest absolute Gasteiger partial charge is 0.226 e. The molecule has 0 aliphatic rings. The molecule has 0 aliphatic carbocycles. The van der Waals surface area contributed by atoms with Crippen molar-refractivity contribution >= 4 is 5.91 Å². The van der Waals surface area contributed by atoms with Gasteiger partial charge in [0.15, 0.2) is 0 Å². The van der Waals surface area contributed by atoms with Crippen LogP contribution in [0.3, 0.4) is 0 Å². The predicted molar refractivity (Wildman–Crippen MR) is 79.5 cm³/mol. The fourth-order valence-corrected chi connectivity index (χ4v) is 2.23. The molecule has 0 radical (unpaired) electrons. The molecule has 0 saturated heterocycles. The third kappa shape index (κ3) is 4.99. The van der Waals surface area contributed by atoms with Crippen LogP contribution in [0.1, 0.15) is 75.7 Å². The maximum atomic E-state index is 12.7. The normalized spacial score (nSPS) is 17.2. The maximum Gasteiger partial charge on any atom is 0.226 e. The minimum atomic E-state index is -0.363. The van der Waals surface area contributed by atoms with Gasteiger partial charge in [0.05, 0.1) is 5.41 Å². The van der Waals surface area contributed by atoms with Gasteiger partial charge < -0.3 is 5.32 Å². The van der Waals surface area contributed by atoms with Crippen molar-refractivity contribution in [3.05, 3.63) is 0 Å². The number of hydrogen-bond acceptors (Lipinski definition) is 1. The first-order valence-corrected chi connectivity index (χ1v) is 6.91. The molecule has 1 N–H and O–H groups in total. The van der Waals surface area contributed by atoms with Crippen molar-refractivity contribution in [3.63, 3.8) is 0 Å². The second-order valence-electron chi connectivity index (χ2n) is 9.02. The van der Waals surface area contributed by atoms with E-state index < -0.39 is 0 Å². The van der Waals surface area contributed by atoms with Crippen LogP contribution in [-0.4, -0.2) is 11.4 Å². The van der Waals surface area contributed by atoms with Crippen LogP contribution in [0.5, 0.6) is 0 Å². The second kappa shape index (κ2) is 4.86. The molecule has 18 heavy (non-hydrogen) atoms. The number of carbonyl (C=O) groups excluding carboxylic acids is 1. The molecule has 0 aromatic rings. The van der Waals surface area contributed by atoms with Gasteiger partial charge in [0, 0.05) is 5.54 Å². The van der Waals surface area contributed by atoms with Crippen molar-refractivity contribution in [2.75, 3.05) is 0 Å². The molecule has 1 amide bonds. The van der Waals surface area contributed by atoms with E-state index in [1.54, 1.807) is 0 Å². The molecule has 0 spiro atoms. The Morgan fingerprint density at radius 3 is 1.44 bits per heavy atom. The summed E-state index contributed by atoms with van der Waals surface area (Å²) in [5.41, 5.74) is -0.465. The lowest BCUT2D eigenvalue weighted by molar-refractivity contribution is -0.140. The second-order valence-corrected chi connectivity index (χ2v) is 9.02. The summed E-state index contributed by atoms with van der Waals surface area (Å²) < 4.78 is 0. The molecule has 0 bridgehead atoms. The largest absolute Gasteiger partial charge is 0.351 e. The zero-order chi connectivity index (χ0) is 15.0. The highest BCUT2D eigenvalue weighted by Crippen LogP contribution is 2.46. The van der Waals surface area contributed by atoms with E-state index in [4.69, 9.17) is 0 Å². The summed E-state index contributed by atoms with van der Waals surface area (Å²) in [5.74, 6) is 0.164. The highest BCUT2D eigenvalue weighted by molar-refractivity contribution is 5.83. The first-order valence-electron chi connectivity index (χ1n) is 6.91. The molecule has 0 aliphatic heterocycles. The summed E-state index contributed by atoms with van der Waals surface area (Å²) in [6.45, 7) is 21.2. The number of carbonyl (C=O) groups is 1. The van der Waals surface area contributed by atoms with E-state index >= 15 is 0 Å². The Morgan fingerprint density at radius 2 is 1.22 bits per heavy atom. The number of amides is 1. The average molecular weight is 255 g/mol. The molecule has 0 rings (SSSR count). The van der Waals surface area contributed by atoms with Crippen LogP contribution in [0.4, 0.5) is 0 Å². The predicted octanol–water partition coefficient (Wildman–Crippen LogP) is 4.39. The van der Waals surface area contributed by atoms with E-state index in [1.165, 1.54) is 0 Å². The van der Waals surface area contributed by atoms with Crippen molar-refractivity contribution in [2.45, 2.75) is 81.2 Å². The third-order valence-corrected chi connectivity index (χ3v) is 3.53. The fourth-order valence-electron chi connectivity index (χ4n) is 2.23. The van der Waals surface area contributed by atoms with Gasteiger partial charge in [-0.15, -0.1) is 0 Å². The highest BCUT2D eigenvalue weighted by Gasteiger charge is 2.46. The van der Waals surface area contributed by atoms with Gasteiger partial charge in [0.25, 0.3) is 0 Å². The van der Waals surface area contributed by atoms with E-state index in [0.717, 1.165) is 6.42 Å². The fraction of sp³-hybridized carbons (Fsp3) is 0.938. The quantitative estimate of drug-likeness (QED) is 0.779. The molecule has 2 nitrogen and oxygen atoms in total. The monoisotopic (exact) mass is 255 g/mol. The summed E-state index contributed by atoms with van der Waals surface area (Å²) >= 11 is 0. The minimum Gasteiger partial charge on any atom is -0.351 e. The van der Waals surface area contributed by atoms with E-state index in [1.807, 2.05) is 20.8 Å². The lowest BCUT2D eigenvalue weighted by Gasteiger charge is -2.45. The molecule has 2 heteroatoms. The van der Waals surface area contributed by atoms with Crippen LogP contribution in [0, 0.1) is 16.2 Å². The van der Waals surface area contributed by atoms with Crippen molar-refractivity contribution in [2.24, 2.45) is 16.2 Å². The topological polar surface area (TPSA) is 29.1 Å². The van der Waals surface area contributed by atoms with Crippen molar-refractivity contribution in [1.29, 1.82) is 0 Å². The number of hydrogen-bond donors (Lipinski definition) is 1. The molecule has 1 atom stereocenters. The van der Waals surface area contributed by atoms with Gasteiger partial charge in [-0.25, -0.2) is 0 Å². The van der Waals surface area contributed by atoms with Gasteiger partial charge in [-0.1, -0.05) is 48.5 Å². The van der Waals surface area contributed by atoms with Crippen LogP contribution in [0.2, 0.25) is 0 Å². The standard InChI is InChI=1S/C16H33NO/c1-13(2,3)11-16(10,14(4,5)6)12(18)17-15(7,8)9/h11H2,1-10H3,(H,17,18). The highest BCUT2D eigenvalue weighted by atomic mass is 16.2. The molecular formula is C16H33NO. The van der Waals surface area contributed by atoms with E-state index in [0.29, 0.717) is 0 Å². The van der Waals surface area contributed by atoms with Gasteiger partial charge in [0.1, 0.15) is 0 Å². The summed E-state index contributed by atoms with van der Waals surface area (Å²) in [7, 11) is 0. The van der Waals surface area contributed by atoms with Gasteiger partial charge in [-0.05, 0) is 38.0 Å². The van der Waals surface area contributed by atoms with Crippen molar-refractivity contribution < 1.29 is 4.79 Å². The van der Waals surface area contributed by atoms with E-state index in [2.05, 4.69) is 53.8 Å². The molecule has 108 valence electrons. The van der Waals surface area contributed by atoms with Crippen LogP contribution in [0.25, 0.3) is 0 Å². The Morgan fingerprint density at radius 1 is 0.833 bits per heavy atom. The molecule has 0 aromatic heterocycles. The summed E-state index contributed by atoms with van der Waals surface area (Å²) in [5, 5.41) is 3.15. The zero-order valence-electron chi connectivity index (χ0n) is 14.1. The first kappa shape index (κ1) is 17.5. The average Bonchev–Trinajstić information content (AvgIpc) is 1.94. The number of rotatable bonds is 2. The van der Waals surface area contributed by atoms with Crippen LogP contribution < -0.4 is 5.32 Å². The minimum absolute atomic E-state index is 0.0599. The van der Waals surface area contributed by atoms with Crippen molar-refractivity contribution in [1.82, 2.24) is 5.32 Å². The Labute approximate surface area is 114 Å². The van der Waals surface area contributed by atoms with Crippen molar-refractivity contribution in [3.8, 4) is 0 Å². The van der Waals surface area contributed by atoms with Gasteiger partial charge in [-0.2, -0.15) is 0 Å². The van der Waals surface area contributed by atoms with Gasteiger partial charge >= 0.3 is 0 Å². The molecule has 0 fully saturated rings. The van der Waals surface area contributed by atoms with Crippen LogP contribution in [0.15, 0.2) is 0 Å². The van der Waals surface area contributed by atoms with Crippen LogP contribution >= 0.6 is 0 Å². The molecule has 0 aromatic carbocycles. The van der Waals surface area contributed by atoms with Gasteiger partial charge in [0.2, 0.25) is 5.91 Å². The maximum absolute atomic E-state index is 12.7. The Bertz CT molecular complexity index is 299. The van der Waals surface area contributed by atoms with E-state index in [-0.39, 0.29) is 27.7 Å². The SMILES string of the molecule is CC(C)(C)CC(C)(C(=O)NC(C)(C)C)C(C)(C)C. The lowest BCUT2D eigenvalue weighted by atomic mass is 9.60. The Balaban J connectivity index is 5.31.